The van der Waals surface area contributed by atoms with Crippen molar-refractivity contribution in [1.29, 1.82) is 0 Å². The highest BCUT2D eigenvalue weighted by molar-refractivity contribution is 5.96. The summed E-state index contributed by atoms with van der Waals surface area (Å²) in [4.78, 5) is 19.1. The summed E-state index contributed by atoms with van der Waals surface area (Å²) in [5.74, 6) is 0.994. The molecular formula is C16H23BN3O2. The Morgan fingerprint density at radius 2 is 1.91 bits per heavy atom. The maximum absolute atomic E-state index is 12.6. The summed E-state index contributed by atoms with van der Waals surface area (Å²) in [6.07, 6.45) is 0. The lowest BCUT2D eigenvalue weighted by Crippen LogP contribution is -2.50. The Morgan fingerprint density at radius 1 is 1.18 bits per heavy atom. The van der Waals surface area contributed by atoms with Crippen molar-refractivity contribution in [1.82, 2.24) is 9.80 Å². The van der Waals surface area contributed by atoms with Crippen molar-refractivity contribution in [3.05, 3.63) is 23.8 Å². The predicted octanol–water partition coefficient (Wildman–Crippen LogP) is 0.587. The van der Waals surface area contributed by atoms with Gasteiger partial charge in [0.05, 0.1) is 18.8 Å². The molecule has 1 saturated heterocycles. The molecule has 2 heterocycles. The lowest BCUT2D eigenvalue weighted by Gasteiger charge is -2.35. The van der Waals surface area contributed by atoms with Gasteiger partial charge in [-0.3, -0.25) is 9.69 Å². The largest absolute Gasteiger partial charge is 0.490 e. The van der Waals surface area contributed by atoms with Crippen LogP contribution in [0.3, 0.4) is 0 Å². The van der Waals surface area contributed by atoms with Crippen LogP contribution >= 0.6 is 0 Å². The second-order valence-corrected chi connectivity index (χ2v) is 5.94. The monoisotopic (exact) mass is 300 g/mol. The topological polar surface area (TPSA) is 36.0 Å². The van der Waals surface area contributed by atoms with Crippen LogP contribution in [0, 0.1) is 6.92 Å². The molecule has 1 fully saturated rings. The smallest absolute Gasteiger partial charge is 0.241 e. The van der Waals surface area contributed by atoms with Gasteiger partial charge in [-0.25, -0.2) is 0 Å². The summed E-state index contributed by atoms with van der Waals surface area (Å²) < 4.78 is 5.65. The lowest BCUT2D eigenvalue weighted by atomic mass is 10.1. The third-order valence-electron chi connectivity index (χ3n) is 4.23. The number of carbonyl (C=O) groups excluding carboxylic acids is 1. The van der Waals surface area contributed by atoms with Crippen molar-refractivity contribution in [2.75, 3.05) is 57.8 Å². The minimum absolute atomic E-state index is 0. The number of piperazine rings is 1. The van der Waals surface area contributed by atoms with Crippen LogP contribution < -0.4 is 9.64 Å². The number of benzene rings is 1. The van der Waals surface area contributed by atoms with Gasteiger partial charge in [0.15, 0.2) is 0 Å². The van der Waals surface area contributed by atoms with Crippen molar-refractivity contribution in [2.24, 2.45) is 0 Å². The van der Waals surface area contributed by atoms with Gasteiger partial charge in [0.2, 0.25) is 5.91 Å². The Hall–Kier alpha value is -1.53. The van der Waals surface area contributed by atoms with Crippen LogP contribution in [0.4, 0.5) is 5.69 Å². The van der Waals surface area contributed by atoms with Gasteiger partial charge in [0.25, 0.3) is 0 Å². The molecule has 1 amide bonds. The van der Waals surface area contributed by atoms with Gasteiger partial charge in [-0.15, -0.1) is 0 Å². The molecule has 1 aromatic carbocycles. The first-order valence-corrected chi connectivity index (χ1v) is 7.58. The summed E-state index contributed by atoms with van der Waals surface area (Å²) in [7, 11) is 2.13. The number of ether oxygens (including phenoxy) is 1. The zero-order chi connectivity index (χ0) is 14.8. The standard InChI is InChI=1S/C16H23N3O2.B/c1-13-3-4-15-14(11-13)19(9-10-21-15)16(20)12-18-7-5-17(2)6-8-18;/h3-4,11H,5-10,12H2,1-2H3;. The van der Waals surface area contributed by atoms with E-state index >= 15 is 0 Å². The molecular weight excluding hydrogens is 277 g/mol. The molecule has 2 aliphatic heterocycles. The van der Waals surface area contributed by atoms with E-state index in [4.69, 9.17) is 4.74 Å². The second-order valence-electron chi connectivity index (χ2n) is 5.94. The molecule has 2 aliphatic rings. The Balaban J connectivity index is 0.00000176. The van der Waals surface area contributed by atoms with Gasteiger partial charge in [-0.05, 0) is 31.7 Å². The van der Waals surface area contributed by atoms with Crippen LogP contribution in [0.1, 0.15) is 5.56 Å². The van der Waals surface area contributed by atoms with Crippen molar-refractivity contribution >= 4 is 20.0 Å². The number of carbonyl (C=O) groups is 1. The zero-order valence-electron chi connectivity index (χ0n) is 13.4. The third-order valence-corrected chi connectivity index (χ3v) is 4.23. The van der Waals surface area contributed by atoms with Crippen LogP contribution in [0.25, 0.3) is 0 Å². The molecule has 0 bridgehead atoms. The molecule has 0 unspecified atom stereocenters. The maximum Gasteiger partial charge on any atom is 0.241 e. The van der Waals surface area contributed by atoms with Crippen LogP contribution in [0.5, 0.6) is 5.75 Å². The molecule has 0 aliphatic carbocycles. The summed E-state index contributed by atoms with van der Waals surface area (Å²) in [6, 6.07) is 6.02. The Bertz CT molecular complexity index is 530. The van der Waals surface area contributed by atoms with E-state index in [1.807, 2.05) is 30.0 Å². The van der Waals surface area contributed by atoms with E-state index in [-0.39, 0.29) is 14.3 Å². The maximum atomic E-state index is 12.6. The van der Waals surface area contributed by atoms with Gasteiger partial charge in [0, 0.05) is 34.6 Å². The number of hydrogen-bond donors (Lipinski definition) is 0. The van der Waals surface area contributed by atoms with Crippen molar-refractivity contribution in [3.63, 3.8) is 0 Å². The number of aryl methyl sites for hydroxylation is 1. The number of rotatable bonds is 2. The van der Waals surface area contributed by atoms with Crippen molar-refractivity contribution in [2.45, 2.75) is 6.92 Å². The van der Waals surface area contributed by atoms with Crippen LogP contribution in [0.2, 0.25) is 0 Å². The summed E-state index contributed by atoms with van der Waals surface area (Å²) in [5.41, 5.74) is 2.07. The van der Waals surface area contributed by atoms with Gasteiger partial charge < -0.3 is 14.5 Å². The van der Waals surface area contributed by atoms with E-state index in [1.165, 1.54) is 0 Å². The molecule has 22 heavy (non-hydrogen) atoms. The van der Waals surface area contributed by atoms with Crippen LogP contribution in [0.15, 0.2) is 18.2 Å². The van der Waals surface area contributed by atoms with Crippen LogP contribution in [-0.2, 0) is 4.79 Å². The molecule has 5 nitrogen and oxygen atoms in total. The fraction of sp³-hybridized carbons (Fsp3) is 0.562. The van der Waals surface area contributed by atoms with E-state index < -0.39 is 0 Å². The third kappa shape index (κ3) is 3.62. The number of anilines is 1. The Kier molecular flexibility index (Phi) is 5.48. The van der Waals surface area contributed by atoms with E-state index in [9.17, 15) is 4.79 Å². The molecule has 3 radical (unpaired) electrons. The fourth-order valence-corrected chi connectivity index (χ4v) is 2.87. The molecule has 0 spiro atoms. The van der Waals surface area contributed by atoms with Crippen LogP contribution in [-0.4, -0.2) is 77.0 Å². The van der Waals surface area contributed by atoms with E-state index in [2.05, 4.69) is 16.8 Å². The minimum atomic E-state index is 0. The molecule has 6 heteroatoms. The van der Waals surface area contributed by atoms with Gasteiger partial charge in [0.1, 0.15) is 12.4 Å². The fourth-order valence-electron chi connectivity index (χ4n) is 2.87. The number of nitrogens with zero attached hydrogens (tertiary/aromatic N) is 3. The van der Waals surface area contributed by atoms with Crippen molar-refractivity contribution in [3.8, 4) is 5.75 Å². The highest BCUT2D eigenvalue weighted by atomic mass is 16.5. The average molecular weight is 300 g/mol. The Labute approximate surface area is 134 Å². The minimum Gasteiger partial charge on any atom is -0.490 e. The highest BCUT2D eigenvalue weighted by Gasteiger charge is 2.26. The van der Waals surface area contributed by atoms with Gasteiger partial charge in [-0.1, -0.05) is 6.07 Å². The Morgan fingerprint density at radius 3 is 2.64 bits per heavy atom. The molecule has 0 saturated carbocycles. The first-order valence-electron chi connectivity index (χ1n) is 7.58. The molecule has 117 valence electrons. The van der Waals surface area contributed by atoms with E-state index in [0.717, 1.165) is 43.2 Å². The van der Waals surface area contributed by atoms with E-state index in [1.54, 1.807) is 0 Å². The van der Waals surface area contributed by atoms with Gasteiger partial charge in [-0.2, -0.15) is 0 Å². The molecule has 0 N–H and O–H groups in total. The second kappa shape index (κ2) is 7.16. The first-order chi connectivity index (χ1) is 10.1. The first kappa shape index (κ1) is 16.8. The zero-order valence-corrected chi connectivity index (χ0v) is 13.4. The lowest BCUT2D eigenvalue weighted by molar-refractivity contribution is -0.120. The summed E-state index contributed by atoms with van der Waals surface area (Å²) >= 11 is 0. The SMILES string of the molecule is Cc1ccc2c(c1)N(C(=O)CN1CCN(C)CC1)CCO2.[B]. The summed E-state index contributed by atoms with van der Waals surface area (Å²) in [6.45, 7) is 7.76. The molecule has 3 rings (SSSR count). The van der Waals surface area contributed by atoms with Crippen molar-refractivity contribution < 1.29 is 9.53 Å². The number of hydrogen-bond acceptors (Lipinski definition) is 4. The quantitative estimate of drug-likeness (QED) is 0.749. The number of amides is 1. The van der Waals surface area contributed by atoms with Gasteiger partial charge >= 0.3 is 0 Å². The highest BCUT2D eigenvalue weighted by Crippen LogP contribution is 2.32. The molecule has 0 aromatic heterocycles. The number of likely N-dealkylation sites (N-methyl/N-ethyl adjacent to an activating group) is 1. The molecule has 1 aromatic rings. The number of fused-ring (bicyclic) bond motifs is 1. The molecule has 0 atom stereocenters. The average Bonchev–Trinajstić information content (AvgIpc) is 2.49. The predicted molar refractivity (Wildman–Crippen MR) is 88.7 cm³/mol. The normalized spacial score (nSPS) is 19.1. The summed E-state index contributed by atoms with van der Waals surface area (Å²) in [5, 5.41) is 0. The van der Waals surface area contributed by atoms with E-state index in [0.29, 0.717) is 19.7 Å².